The predicted octanol–water partition coefficient (Wildman–Crippen LogP) is 4.39. The number of hydrogen-bond acceptors (Lipinski definition) is 6. The molecule has 3 heterocycles. The number of carbonyl (C=O) groups excluding carboxylic acids is 1. The largest absolute Gasteiger partial charge is 0.492 e. The van der Waals surface area contributed by atoms with E-state index in [1.807, 2.05) is 61.3 Å². The molecule has 0 bridgehead atoms. The fourth-order valence-corrected chi connectivity index (χ4v) is 4.55. The Morgan fingerprint density at radius 3 is 2.31 bits per heavy atom. The van der Waals surface area contributed by atoms with Gasteiger partial charge in [-0.25, -0.2) is 4.98 Å². The van der Waals surface area contributed by atoms with E-state index in [9.17, 15) is 4.79 Å². The molecule has 2 aromatic heterocycles. The number of carbonyl (C=O) groups is 1. The fourth-order valence-electron chi connectivity index (χ4n) is 4.55. The highest BCUT2D eigenvalue weighted by molar-refractivity contribution is 5.87. The van der Waals surface area contributed by atoms with Gasteiger partial charge in [0.1, 0.15) is 23.0 Å². The van der Waals surface area contributed by atoms with E-state index in [2.05, 4.69) is 32.7 Å². The maximum atomic E-state index is 11.4. The number of ether oxygens (including phenoxy) is 2. The van der Waals surface area contributed by atoms with Gasteiger partial charge in [-0.15, -0.1) is 0 Å². The molecule has 8 heteroatoms. The van der Waals surface area contributed by atoms with Gasteiger partial charge in [-0.1, -0.05) is 0 Å². The van der Waals surface area contributed by atoms with Crippen molar-refractivity contribution in [1.82, 2.24) is 14.9 Å². The number of anilines is 2. The lowest BCUT2D eigenvalue weighted by Gasteiger charge is -2.36. The van der Waals surface area contributed by atoms with Gasteiger partial charge in [0, 0.05) is 31.9 Å². The van der Waals surface area contributed by atoms with Gasteiger partial charge in [0.15, 0.2) is 0 Å². The van der Waals surface area contributed by atoms with Crippen LogP contribution in [-0.2, 0) is 11.3 Å². The Hall–Kier alpha value is -3.52. The van der Waals surface area contributed by atoms with Crippen molar-refractivity contribution in [2.24, 2.45) is 0 Å². The third-order valence-electron chi connectivity index (χ3n) is 6.05. The van der Waals surface area contributed by atoms with E-state index >= 15 is 0 Å². The van der Waals surface area contributed by atoms with Crippen molar-refractivity contribution in [1.29, 1.82) is 0 Å². The van der Waals surface area contributed by atoms with Crippen LogP contribution in [-0.4, -0.2) is 47.8 Å². The molecule has 1 saturated heterocycles. The SMILES string of the molecule is CCOc1cc(CN(c2ccc(NC(C)=O)nc2)C2CCNCC2)cc(OCC)c1-n1cccc1. The number of nitrogens with one attached hydrogen (secondary N) is 2. The van der Waals surface area contributed by atoms with Crippen molar-refractivity contribution in [3.05, 3.63) is 60.6 Å². The van der Waals surface area contributed by atoms with Crippen LogP contribution >= 0.6 is 0 Å². The normalized spacial score (nSPS) is 13.9. The average molecular weight is 478 g/mol. The van der Waals surface area contributed by atoms with Gasteiger partial charge in [-0.05, 0) is 81.7 Å². The Kier molecular flexibility index (Phi) is 8.26. The summed E-state index contributed by atoms with van der Waals surface area (Å²) in [6.45, 7) is 9.27. The molecule has 0 spiro atoms. The Labute approximate surface area is 207 Å². The molecule has 8 nitrogen and oxygen atoms in total. The summed E-state index contributed by atoms with van der Waals surface area (Å²) in [6, 6.07) is 12.5. The second-order valence-electron chi connectivity index (χ2n) is 8.59. The molecule has 1 aromatic carbocycles. The molecule has 0 aliphatic carbocycles. The lowest BCUT2D eigenvalue weighted by Crippen LogP contribution is -2.43. The van der Waals surface area contributed by atoms with Gasteiger partial charge >= 0.3 is 0 Å². The van der Waals surface area contributed by atoms with Crippen LogP contribution in [0, 0.1) is 0 Å². The summed E-state index contributed by atoms with van der Waals surface area (Å²) in [5, 5.41) is 6.21. The van der Waals surface area contributed by atoms with Gasteiger partial charge in [0.25, 0.3) is 0 Å². The number of nitrogens with zero attached hydrogens (tertiary/aromatic N) is 3. The predicted molar refractivity (Wildman–Crippen MR) is 139 cm³/mol. The third-order valence-corrected chi connectivity index (χ3v) is 6.05. The van der Waals surface area contributed by atoms with Gasteiger partial charge in [0.05, 0.1) is 25.1 Å². The van der Waals surface area contributed by atoms with Crippen LogP contribution < -0.4 is 25.0 Å². The highest BCUT2D eigenvalue weighted by Gasteiger charge is 2.24. The summed E-state index contributed by atoms with van der Waals surface area (Å²) in [6.07, 6.45) is 7.94. The zero-order valence-corrected chi connectivity index (χ0v) is 20.8. The minimum atomic E-state index is -0.129. The molecular weight excluding hydrogens is 442 g/mol. The van der Waals surface area contributed by atoms with Gasteiger partial charge in [-0.2, -0.15) is 0 Å². The van der Waals surface area contributed by atoms with Crippen LogP contribution in [0.15, 0.2) is 55.0 Å². The Bertz CT molecular complexity index is 1070. The van der Waals surface area contributed by atoms with Crippen molar-refractivity contribution in [2.75, 3.05) is 36.5 Å². The maximum Gasteiger partial charge on any atom is 0.222 e. The zero-order valence-electron chi connectivity index (χ0n) is 20.8. The first-order valence-electron chi connectivity index (χ1n) is 12.4. The van der Waals surface area contributed by atoms with E-state index < -0.39 is 0 Å². The molecular formula is C27H35N5O3. The van der Waals surface area contributed by atoms with E-state index in [0.29, 0.717) is 31.6 Å². The van der Waals surface area contributed by atoms with E-state index in [4.69, 9.17) is 9.47 Å². The molecule has 186 valence electrons. The number of benzene rings is 1. The van der Waals surface area contributed by atoms with Crippen molar-refractivity contribution < 1.29 is 14.3 Å². The first-order valence-corrected chi connectivity index (χ1v) is 12.4. The van der Waals surface area contributed by atoms with E-state index in [0.717, 1.165) is 54.4 Å². The second kappa shape index (κ2) is 11.8. The highest BCUT2D eigenvalue weighted by Crippen LogP contribution is 2.36. The number of amides is 1. The minimum absolute atomic E-state index is 0.129. The van der Waals surface area contributed by atoms with Crippen LogP contribution in [0.1, 0.15) is 39.2 Å². The van der Waals surface area contributed by atoms with Gasteiger partial charge in [0.2, 0.25) is 5.91 Å². The molecule has 1 amide bonds. The smallest absolute Gasteiger partial charge is 0.222 e. The van der Waals surface area contributed by atoms with Crippen molar-refractivity contribution >= 4 is 17.4 Å². The first-order chi connectivity index (χ1) is 17.1. The van der Waals surface area contributed by atoms with Crippen molar-refractivity contribution in [2.45, 2.75) is 46.2 Å². The van der Waals surface area contributed by atoms with Crippen LogP contribution in [0.5, 0.6) is 11.5 Å². The minimum Gasteiger partial charge on any atom is -0.492 e. The van der Waals surface area contributed by atoms with E-state index in [1.165, 1.54) is 6.92 Å². The van der Waals surface area contributed by atoms with Crippen molar-refractivity contribution in [3.63, 3.8) is 0 Å². The van der Waals surface area contributed by atoms with Gasteiger partial charge in [-0.3, -0.25) is 4.79 Å². The molecule has 0 unspecified atom stereocenters. The topological polar surface area (TPSA) is 80.7 Å². The summed E-state index contributed by atoms with van der Waals surface area (Å²) in [7, 11) is 0. The van der Waals surface area contributed by atoms with Crippen LogP contribution in [0.2, 0.25) is 0 Å². The Morgan fingerprint density at radius 1 is 1.11 bits per heavy atom. The molecule has 0 atom stereocenters. The zero-order chi connectivity index (χ0) is 24.6. The summed E-state index contributed by atoms with van der Waals surface area (Å²) < 4.78 is 14.2. The lowest BCUT2D eigenvalue weighted by atomic mass is 10.0. The molecule has 1 fully saturated rings. The molecule has 35 heavy (non-hydrogen) atoms. The number of hydrogen-bond donors (Lipinski definition) is 2. The molecule has 4 rings (SSSR count). The van der Waals surface area contributed by atoms with Crippen molar-refractivity contribution in [3.8, 4) is 17.2 Å². The number of pyridine rings is 1. The Balaban J connectivity index is 1.70. The van der Waals surface area contributed by atoms with Crippen LogP contribution in [0.25, 0.3) is 5.69 Å². The average Bonchev–Trinajstić information content (AvgIpc) is 3.38. The fraction of sp³-hybridized carbons (Fsp3) is 0.407. The summed E-state index contributed by atoms with van der Waals surface area (Å²) >= 11 is 0. The molecule has 2 N–H and O–H groups in total. The quantitative estimate of drug-likeness (QED) is 0.451. The van der Waals surface area contributed by atoms with Crippen LogP contribution in [0.3, 0.4) is 0 Å². The van der Waals surface area contributed by atoms with E-state index in [1.54, 1.807) is 0 Å². The molecule has 0 saturated carbocycles. The second-order valence-corrected chi connectivity index (χ2v) is 8.59. The van der Waals surface area contributed by atoms with E-state index in [-0.39, 0.29) is 5.91 Å². The standard InChI is InChI=1S/C27H35N5O3/c1-4-34-24-16-21(17-25(35-5-2)27(24)31-14-6-7-15-31)19-32(22-10-12-28-13-11-22)23-8-9-26(29-18-23)30-20(3)33/h6-9,14-18,22,28H,4-5,10-13,19H2,1-3H3,(H,29,30,33). The van der Waals surface area contributed by atoms with Crippen LogP contribution in [0.4, 0.5) is 11.5 Å². The summed E-state index contributed by atoms with van der Waals surface area (Å²) in [4.78, 5) is 18.3. The molecule has 1 aliphatic rings. The first kappa shape index (κ1) is 24.6. The number of piperidine rings is 1. The number of rotatable bonds is 10. The molecule has 0 radical (unpaired) electrons. The summed E-state index contributed by atoms with van der Waals surface area (Å²) in [5.74, 6) is 2.03. The lowest BCUT2D eigenvalue weighted by molar-refractivity contribution is -0.114. The molecule has 1 aliphatic heterocycles. The third kappa shape index (κ3) is 6.14. The highest BCUT2D eigenvalue weighted by atomic mass is 16.5. The Morgan fingerprint density at radius 2 is 1.77 bits per heavy atom. The monoisotopic (exact) mass is 477 g/mol. The summed E-state index contributed by atoms with van der Waals surface area (Å²) in [5.41, 5.74) is 3.05. The number of aromatic nitrogens is 2. The molecule has 3 aromatic rings. The van der Waals surface area contributed by atoms with Gasteiger partial charge < -0.3 is 29.6 Å². The maximum absolute atomic E-state index is 11.4.